The van der Waals surface area contributed by atoms with Crippen molar-refractivity contribution in [2.75, 3.05) is 6.54 Å². The van der Waals surface area contributed by atoms with E-state index >= 15 is 0 Å². The third-order valence-electron chi connectivity index (χ3n) is 3.72. The minimum absolute atomic E-state index is 0.187. The summed E-state index contributed by atoms with van der Waals surface area (Å²) in [7, 11) is 0. The number of nitrogens with one attached hydrogen (secondary N) is 1. The van der Waals surface area contributed by atoms with Crippen LogP contribution in [0.15, 0.2) is 24.3 Å². The molecule has 0 fully saturated rings. The summed E-state index contributed by atoms with van der Waals surface area (Å²) in [5.74, 6) is -1.36. The molecule has 0 saturated heterocycles. The quantitative estimate of drug-likeness (QED) is 0.688. The zero-order chi connectivity index (χ0) is 16.6. The predicted molar refractivity (Wildman–Crippen MR) is 83.2 cm³/mol. The minimum atomic E-state index is -0.922. The van der Waals surface area contributed by atoms with Gasteiger partial charge in [0.05, 0.1) is 5.41 Å². The average molecular weight is 309 g/mol. The van der Waals surface area contributed by atoms with E-state index in [0.717, 1.165) is 19.3 Å². The van der Waals surface area contributed by atoms with Gasteiger partial charge in [0.1, 0.15) is 5.82 Å². The van der Waals surface area contributed by atoms with Crippen LogP contribution in [0.2, 0.25) is 0 Å². The van der Waals surface area contributed by atoms with Crippen LogP contribution >= 0.6 is 0 Å². The van der Waals surface area contributed by atoms with Crippen molar-refractivity contribution in [2.45, 2.75) is 51.4 Å². The fourth-order valence-corrected chi connectivity index (χ4v) is 2.27. The lowest BCUT2D eigenvalue weighted by molar-refractivity contribution is -0.137. The second-order valence-electron chi connectivity index (χ2n) is 5.92. The Kier molecular flexibility index (Phi) is 7.02. The Bertz CT molecular complexity index is 514. The summed E-state index contributed by atoms with van der Waals surface area (Å²) < 4.78 is 13.8. The van der Waals surface area contributed by atoms with Crippen molar-refractivity contribution < 1.29 is 19.1 Å². The summed E-state index contributed by atoms with van der Waals surface area (Å²) in [5, 5.41) is 11.3. The monoisotopic (exact) mass is 309 g/mol. The molecule has 0 atom stereocenters. The van der Waals surface area contributed by atoms with Crippen LogP contribution in [0.25, 0.3) is 0 Å². The van der Waals surface area contributed by atoms with Gasteiger partial charge in [-0.2, -0.15) is 0 Å². The summed E-state index contributed by atoms with van der Waals surface area (Å²) in [6, 6.07) is 6.30. The van der Waals surface area contributed by atoms with Crippen molar-refractivity contribution in [3.63, 3.8) is 0 Å². The predicted octanol–water partition coefficient (Wildman–Crippen LogP) is 3.25. The SMILES string of the molecule is CC(C)(C(=O)NCCCCCCC(=O)O)c1ccccc1F. The highest BCUT2D eigenvalue weighted by Crippen LogP contribution is 2.25. The van der Waals surface area contributed by atoms with Crippen molar-refractivity contribution in [1.82, 2.24) is 5.32 Å². The maximum atomic E-state index is 13.8. The first-order valence-corrected chi connectivity index (χ1v) is 7.61. The van der Waals surface area contributed by atoms with Gasteiger partial charge >= 0.3 is 5.97 Å². The number of hydrogen-bond acceptors (Lipinski definition) is 2. The third kappa shape index (κ3) is 5.47. The summed E-state index contributed by atoms with van der Waals surface area (Å²) in [6.45, 7) is 3.92. The maximum absolute atomic E-state index is 13.8. The number of rotatable bonds is 9. The number of amides is 1. The molecule has 1 aromatic rings. The highest BCUT2D eigenvalue weighted by molar-refractivity contribution is 5.87. The highest BCUT2D eigenvalue weighted by atomic mass is 19.1. The Hall–Kier alpha value is -1.91. The van der Waals surface area contributed by atoms with Gasteiger partial charge < -0.3 is 10.4 Å². The number of carbonyl (C=O) groups excluding carboxylic acids is 1. The third-order valence-corrected chi connectivity index (χ3v) is 3.72. The molecule has 0 radical (unpaired) electrons. The number of hydrogen-bond donors (Lipinski definition) is 2. The van der Waals surface area contributed by atoms with Crippen LogP contribution in [-0.2, 0) is 15.0 Å². The van der Waals surface area contributed by atoms with E-state index in [9.17, 15) is 14.0 Å². The standard InChI is InChI=1S/C17H24FNO3/c1-17(2,13-9-6-7-10-14(13)18)16(22)19-12-8-4-3-5-11-15(20)21/h6-7,9-10H,3-5,8,11-12H2,1-2H3,(H,19,22)(H,20,21). The Morgan fingerprint density at radius 1 is 1.14 bits per heavy atom. The number of aliphatic carboxylic acids is 1. The highest BCUT2D eigenvalue weighted by Gasteiger charge is 2.31. The molecule has 122 valence electrons. The molecule has 5 heteroatoms. The molecule has 1 rings (SSSR count). The second-order valence-corrected chi connectivity index (χ2v) is 5.92. The molecule has 0 saturated carbocycles. The van der Waals surface area contributed by atoms with Crippen LogP contribution in [-0.4, -0.2) is 23.5 Å². The van der Waals surface area contributed by atoms with Crippen molar-refractivity contribution in [1.29, 1.82) is 0 Å². The van der Waals surface area contributed by atoms with Gasteiger partial charge in [0.15, 0.2) is 0 Å². The van der Waals surface area contributed by atoms with E-state index in [1.807, 2.05) is 0 Å². The molecule has 0 heterocycles. The van der Waals surface area contributed by atoms with Crippen LogP contribution in [0.3, 0.4) is 0 Å². The van der Waals surface area contributed by atoms with E-state index in [0.29, 0.717) is 18.5 Å². The van der Waals surface area contributed by atoms with E-state index in [-0.39, 0.29) is 18.1 Å². The first-order valence-electron chi connectivity index (χ1n) is 7.61. The summed E-state index contributed by atoms with van der Waals surface area (Å²) >= 11 is 0. The number of carbonyl (C=O) groups is 2. The number of carboxylic acids is 1. The lowest BCUT2D eigenvalue weighted by atomic mass is 9.83. The van der Waals surface area contributed by atoms with Gasteiger partial charge in [-0.15, -0.1) is 0 Å². The van der Waals surface area contributed by atoms with E-state index < -0.39 is 11.4 Å². The number of halogens is 1. The largest absolute Gasteiger partial charge is 0.481 e. The van der Waals surface area contributed by atoms with Gasteiger partial charge in [-0.1, -0.05) is 31.0 Å². The topological polar surface area (TPSA) is 66.4 Å². The normalized spacial score (nSPS) is 11.2. The van der Waals surface area contributed by atoms with Crippen LogP contribution in [0.1, 0.15) is 51.5 Å². The molecule has 0 spiro atoms. The van der Waals surface area contributed by atoms with Crippen molar-refractivity contribution in [2.24, 2.45) is 0 Å². The van der Waals surface area contributed by atoms with E-state index in [2.05, 4.69) is 5.32 Å². The smallest absolute Gasteiger partial charge is 0.303 e. The van der Waals surface area contributed by atoms with E-state index in [4.69, 9.17) is 5.11 Å². The molecular formula is C17H24FNO3. The summed E-state index contributed by atoms with van der Waals surface area (Å²) in [6.07, 6.45) is 3.34. The molecule has 1 amide bonds. The van der Waals surface area contributed by atoms with Crippen LogP contribution < -0.4 is 5.32 Å². The molecular weight excluding hydrogens is 285 g/mol. The molecule has 4 nitrogen and oxygen atoms in total. The zero-order valence-corrected chi connectivity index (χ0v) is 13.2. The van der Waals surface area contributed by atoms with Gasteiger partial charge in [0, 0.05) is 18.5 Å². The molecule has 0 unspecified atom stereocenters. The molecule has 0 bridgehead atoms. The van der Waals surface area contributed by atoms with Gasteiger partial charge in [-0.25, -0.2) is 4.39 Å². The Labute approximate surface area is 130 Å². The van der Waals surface area contributed by atoms with Crippen LogP contribution in [0.5, 0.6) is 0 Å². The second kappa shape index (κ2) is 8.51. The first-order chi connectivity index (χ1) is 10.4. The lowest BCUT2D eigenvalue weighted by Crippen LogP contribution is -2.41. The number of unbranched alkanes of at least 4 members (excludes halogenated alkanes) is 3. The number of carboxylic acid groups (broad SMARTS) is 1. The molecule has 0 aliphatic rings. The average Bonchev–Trinajstić information content (AvgIpc) is 2.45. The van der Waals surface area contributed by atoms with Gasteiger partial charge in [-0.3, -0.25) is 9.59 Å². The van der Waals surface area contributed by atoms with Crippen molar-refractivity contribution in [3.05, 3.63) is 35.6 Å². The summed E-state index contributed by atoms with van der Waals surface area (Å²) in [4.78, 5) is 22.6. The molecule has 0 aliphatic carbocycles. The van der Waals surface area contributed by atoms with Gasteiger partial charge in [-0.05, 0) is 32.8 Å². The number of benzene rings is 1. The molecule has 1 aromatic carbocycles. The fourth-order valence-electron chi connectivity index (χ4n) is 2.27. The first kappa shape index (κ1) is 18.1. The van der Waals surface area contributed by atoms with Crippen molar-refractivity contribution >= 4 is 11.9 Å². The lowest BCUT2D eigenvalue weighted by Gasteiger charge is -2.24. The minimum Gasteiger partial charge on any atom is -0.481 e. The maximum Gasteiger partial charge on any atom is 0.303 e. The molecule has 22 heavy (non-hydrogen) atoms. The van der Waals surface area contributed by atoms with Gasteiger partial charge in [0.2, 0.25) is 5.91 Å². The van der Waals surface area contributed by atoms with Gasteiger partial charge in [0.25, 0.3) is 0 Å². The van der Waals surface area contributed by atoms with Crippen LogP contribution in [0, 0.1) is 5.82 Å². The van der Waals surface area contributed by atoms with E-state index in [1.54, 1.807) is 32.0 Å². The molecule has 0 aliphatic heterocycles. The molecule has 2 N–H and O–H groups in total. The Morgan fingerprint density at radius 2 is 1.77 bits per heavy atom. The van der Waals surface area contributed by atoms with Crippen LogP contribution in [0.4, 0.5) is 4.39 Å². The van der Waals surface area contributed by atoms with Crippen molar-refractivity contribution in [3.8, 4) is 0 Å². The zero-order valence-electron chi connectivity index (χ0n) is 13.2. The Morgan fingerprint density at radius 3 is 2.41 bits per heavy atom. The Balaban J connectivity index is 2.36. The fraction of sp³-hybridized carbons (Fsp3) is 0.529. The molecule has 0 aromatic heterocycles. The van der Waals surface area contributed by atoms with E-state index in [1.165, 1.54) is 6.07 Å². The summed E-state index contributed by atoms with van der Waals surface area (Å²) in [5.41, 5.74) is -0.539.